The van der Waals surface area contributed by atoms with Gasteiger partial charge in [0.15, 0.2) is 0 Å². The molecule has 0 unspecified atom stereocenters. The van der Waals surface area contributed by atoms with Crippen LogP contribution in [-0.4, -0.2) is 32.3 Å². The van der Waals surface area contributed by atoms with Crippen molar-refractivity contribution in [2.75, 3.05) is 21.3 Å². The smallest absolute Gasteiger partial charge is 0.337 e. The topological polar surface area (TPSA) is 57.7 Å². The largest absolute Gasteiger partial charge is 0.481 e. The zero-order valence-corrected chi connectivity index (χ0v) is 14.0. The van der Waals surface area contributed by atoms with Crippen LogP contribution in [-0.2, 0) is 11.2 Å². The van der Waals surface area contributed by atoms with Gasteiger partial charge in [0.1, 0.15) is 0 Å². The fourth-order valence-corrected chi connectivity index (χ4v) is 2.92. The minimum Gasteiger partial charge on any atom is -0.481 e. The van der Waals surface area contributed by atoms with Crippen molar-refractivity contribution >= 4 is 11.5 Å². The molecule has 1 aromatic carbocycles. The lowest BCUT2D eigenvalue weighted by Crippen LogP contribution is -2.07. The SMILES string of the molecule is COC(=O)c1ccc2c(c1)C(c1ccc(OC)nc1OC)=CCC2. The standard InChI is InChI=1S/C19H19NO4/c1-22-17-10-9-15(18(20-17)23-2)14-6-4-5-12-7-8-13(11-16(12)14)19(21)24-3/h6-11H,4-5H2,1-3H3. The molecule has 0 saturated carbocycles. The zero-order valence-electron chi connectivity index (χ0n) is 14.0. The molecule has 0 spiro atoms. The third kappa shape index (κ3) is 2.85. The number of nitrogens with zero attached hydrogens (tertiary/aromatic N) is 1. The number of carbonyl (C=O) groups is 1. The molecule has 0 bridgehead atoms. The van der Waals surface area contributed by atoms with E-state index in [4.69, 9.17) is 14.2 Å². The molecule has 5 heteroatoms. The molecule has 0 saturated heterocycles. The van der Waals surface area contributed by atoms with Crippen molar-refractivity contribution in [1.29, 1.82) is 0 Å². The van der Waals surface area contributed by atoms with Crippen molar-refractivity contribution in [2.45, 2.75) is 12.8 Å². The van der Waals surface area contributed by atoms with Gasteiger partial charge in [0.05, 0.1) is 26.9 Å². The van der Waals surface area contributed by atoms with Crippen LogP contribution in [0.5, 0.6) is 11.8 Å². The van der Waals surface area contributed by atoms with Crippen molar-refractivity contribution in [3.8, 4) is 11.8 Å². The second-order valence-electron chi connectivity index (χ2n) is 5.43. The van der Waals surface area contributed by atoms with E-state index in [1.807, 2.05) is 18.2 Å². The summed E-state index contributed by atoms with van der Waals surface area (Å²) in [6, 6.07) is 9.39. The van der Waals surface area contributed by atoms with E-state index in [9.17, 15) is 4.79 Å². The Hall–Kier alpha value is -2.82. The normalized spacial score (nSPS) is 12.9. The second kappa shape index (κ2) is 6.74. The van der Waals surface area contributed by atoms with Gasteiger partial charge in [-0.25, -0.2) is 4.79 Å². The number of benzene rings is 1. The Morgan fingerprint density at radius 3 is 2.58 bits per heavy atom. The number of rotatable bonds is 4. The molecule has 1 heterocycles. The Morgan fingerprint density at radius 1 is 1.04 bits per heavy atom. The number of methoxy groups -OCH3 is 3. The molecule has 1 aliphatic carbocycles. The highest BCUT2D eigenvalue weighted by molar-refractivity contribution is 5.93. The first-order valence-electron chi connectivity index (χ1n) is 7.69. The predicted octanol–water partition coefficient (Wildman–Crippen LogP) is 3.26. The van der Waals surface area contributed by atoms with E-state index in [0.717, 1.165) is 29.5 Å². The molecule has 0 fully saturated rings. The summed E-state index contributed by atoms with van der Waals surface area (Å²) in [5.41, 5.74) is 4.62. The molecule has 24 heavy (non-hydrogen) atoms. The van der Waals surface area contributed by atoms with E-state index in [-0.39, 0.29) is 5.97 Å². The molecule has 0 radical (unpaired) electrons. The van der Waals surface area contributed by atoms with Crippen LogP contribution in [0, 0.1) is 0 Å². The van der Waals surface area contributed by atoms with Gasteiger partial charge in [0.25, 0.3) is 0 Å². The number of aromatic nitrogens is 1. The number of carbonyl (C=O) groups excluding carboxylic acids is 1. The van der Waals surface area contributed by atoms with Crippen molar-refractivity contribution in [2.24, 2.45) is 0 Å². The fourth-order valence-electron chi connectivity index (χ4n) is 2.92. The highest BCUT2D eigenvalue weighted by Crippen LogP contribution is 2.36. The molecule has 1 aromatic heterocycles. The van der Waals surface area contributed by atoms with E-state index in [2.05, 4.69) is 11.1 Å². The summed E-state index contributed by atoms with van der Waals surface area (Å²) >= 11 is 0. The number of hydrogen-bond acceptors (Lipinski definition) is 5. The minimum absolute atomic E-state index is 0.345. The number of esters is 1. The quantitative estimate of drug-likeness (QED) is 0.808. The lowest BCUT2D eigenvalue weighted by Gasteiger charge is -2.20. The molecule has 0 aliphatic heterocycles. The molecule has 124 valence electrons. The van der Waals surface area contributed by atoms with Crippen LogP contribution < -0.4 is 9.47 Å². The monoisotopic (exact) mass is 325 g/mol. The Morgan fingerprint density at radius 2 is 1.88 bits per heavy atom. The molecule has 5 nitrogen and oxygen atoms in total. The molecule has 3 rings (SSSR count). The highest BCUT2D eigenvalue weighted by Gasteiger charge is 2.20. The summed E-state index contributed by atoms with van der Waals surface area (Å²) in [5, 5.41) is 0. The van der Waals surface area contributed by atoms with Crippen LogP contribution in [0.3, 0.4) is 0 Å². The van der Waals surface area contributed by atoms with Crippen molar-refractivity contribution < 1.29 is 19.0 Å². The van der Waals surface area contributed by atoms with Gasteiger partial charge < -0.3 is 14.2 Å². The van der Waals surface area contributed by atoms with Crippen LogP contribution in [0.4, 0.5) is 0 Å². The highest BCUT2D eigenvalue weighted by atomic mass is 16.5. The summed E-state index contributed by atoms with van der Waals surface area (Å²) in [6.45, 7) is 0. The van der Waals surface area contributed by atoms with Gasteiger partial charge in [-0.05, 0) is 47.7 Å². The van der Waals surface area contributed by atoms with Gasteiger partial charge in [-0.2, -0.15) is 4.98 Å². The van der Waals surface area contributed by atoms with E-state index >= 15 is 0 Å². The average molecular weight is 325 g/mol. The molecule has 1 aliphatic rings. The number of hydrogen-bond donors (Lipinski definition) is 0. The van der Waals surface area contributed by atoms with Gasteiger partial charge in [-0.1, -0.05) is 12.1 Å². The Kier molecular flexibility index (Phi) is 4.51. The van der Waals surface area contributed by atoms with Crippen molar-refractivity contribution in [3.05, 3.63) is 58.7 Å². The number of fused-ring (bicyclic) bond motifs is 1. The summed E-state index contributed by atoms with van der Waals surface area (Å²) in [4.78, 5) is 16.2. The van der Waals surface area contributed by atoms with Crippen LogP contribution >= 0.6 is 0 Å². The molecule has 2 aromatic rings. The molecular weight excluding hydrogens is 306 g/mol. The summed E-state index contributed by atoms with van der Waals surface area (Å²) in [7, 11) is 4.54. The van der Waals surface area contributed by atoms with E-state index in [1.165, 1.54) is 12.7 Å². The maximum absolute atomic E-state index is 11.9. The predicted molar refractivity (Wildman–Crippen MR) is 90.5 cm³/mol. The third-order valence-electron chi connectivity index (χ3n) is 4.11. The summed E-state index contributed by atoms with van der Waals surface area (Å²) in [6.07, 6.45) is 4.01. The van der Waals surface area contributed by atoms with Crippen LogP contribution in [0.25, 0.3) is 5.57 Å². The van der Waals surface area contributed by atoms with Crippen molar-refractivity contribution in [3.63, 3.8) is 0 Å². The van der Waals surface area contributed by atoms with Gasteiger partial charge >= 0.3 is 5.97 Å². The number of pyridine rings is 1. The first-order valence-corrected chi connectivity index (χ1v) is 7.69. The molecular formula is C19H19NO4. The first kappa shape index (κ1) is 16.1. The lowest BCUT2D eigenvalue weighted by atomic mass is 9.86. The molecule has 0 atom stereocenters. The fraction of sp³-hybridized carbons (Fsp3) is 0.263. The Balaban J connectivity index is 2.11. The number of allylic oxidation sites excluding steroid dienone is 1. The molecule has 0 amide bonds. The van der Waals surface area contributed by atoms with Crippen LogP contribution in [0.1, 0.15) is 33.5 Å². The van der Waals surface area contributed by atoms with Gasteiger partial charge in [0, 0.05) is 11.6 Å². The maximum Gasteiger partial charge on any atom is 0.337 e. The molecule has 0 N–H and O–H groups in total. The first-order chi connectivity index (χ1) is 11.7. The van der Waals surface area contributed by atoms with Gasteiger partial charge in [-0.15, -0.1) is 0 Å². The Bertz CT molecular complexity index is 811. The maximum atomic E-state index is 11.9. The zero-order chi connectivity index (χ0) is 17.1. The minimum atomic E-state index is -0.345. The van der Waals surface area contributed by atoms with Gasteiger partial charge in [-0.3, -0.25) is 0 Å². The van der Waals surface area contributed by atoms with E-state index in [1.54, 1.807) is 26.4 Å². The van der Waals surface area contributed by atoms with E-state index in [0.29, 0.717) is 17.3 Å². The van der Waals surface area contributed by atoms with Crippen LogP contribution in [0.2, 0.25) is 0 Å². The number of ether oxygens (including phenoxy) is 3. The van der Waals surface area contributed by atoms with Gasteiger partial charge in [0.2, 0.25) is 11.8 Å². The van der Waals surface area contributed by atoms with Crippen LogP contribution in [0.15, 0.2) is 36.4 Å². The summed E-state index contributed by atoms with van der Waals surface area (Å²) < 4.78 is 15.4. The third-order valence-corrected chi connectivity index (χ3v) is 4.11. The average Bonchev–Trinajstić information content (AvgIpc) is 2.65. The van der Waals surface area contributed by atoms with E-state index < -0.39 is 0 Å². The van der Waals surface area contributed by atoms with Crippen molar-refractivity contribution in [1.82, 2.24) is 4.98 Å². The summed E-state index contributed by atoms with van der Waals surface area (Å²) in [5.74, 6) is 0.648. The Labute approximate surface area is 140 Å². The number of aryl methyl sites for hydroxylation is 1. The lowest BCUT2D eigenvalue weighted by molar-refractivity contribution is 0.0600. The second-order valence-corrected chi connectivity index (χ2v) is 5.43.